The van der Waals surface area contributed by atoms with Crippen LogP contribution in [0.15, 0.2) is 28.9 Å². The summed E-state index contributed by atoms with van der Waals surface area (Å²) in [6.07, 6.45) is 1.17. The zero-order valence-electron chi connectivity index (χ0n) is 6.59. The van der Waals surface area contributed by atoms with Crippen molar-refractivity contribution in [1.29, 1.82) is 0 Å². The second kappa shape index (κ2) is 2.96. The Hall–Kier alpha value is -1.16. The Morgan fingerprint density at radius 1 is 1.38 bits per heavy atom. The van der Waals surface area contributed by atoms with E-state index in [2.05, 4.69) is 20.9 Å². The van der Waals surface area contributed by atoms with Crippen LogP contribution in [-0.4, -0.2) is 4.98 Å². The Morgan fingerprint density at radius 3 is 2.92 bits per heavy atom. The summed E-state index contributed by atoms with van der Waals surface area (Å²) < 4.78 is 13.6. The number of nitrogens with zero attached hydrogens (tertiary/aromatic N) is 1. The van der Waals surface area contributed by atoms with Gasteiger partial charge in [0.2, 0.25) is 0 Å². The first kappa shape index (κ1) is 8.44. The highest BCUT2D eigenvalue weighted by Crippen LogP contribution is 2.26. The lowest BCUT2D eigenvalue weighted by Crippen LogP contribution is -1.90. The topological polar surface area (TPSA) is 38.9 Å². The van der Waals surface area contributed by atoms with Gasteiger partial charge < -0.3 is 5.73 Å². The minimum absolute atomic E-state index is 0.377. The van der Waals surface area contributed by atoms with Crippen LogP contribution in [0.4, 0.5) is 10.1 Å². The fourth-order valence-corrected chi connectivity index (χ4v) is 1.63. The SMILES string of the molecule is Nc1ccc(Br)c2ncc(F)cc12. The zero-order chi connectivity index (χ0) is 9.42. The first-order valence-corrected chi connectivity index (χ1v) is 4.47. The number of hydrogen-bond acceptors (Lipinski definition) is 2. The number of halogens is 2. The lowest BCUT2D eigenvalue weighted by Gasteiger charge is -2.02. The van der Waals surface area contributed by atoms with Gasteiger partial charge in [0.15, 0.2) is 0 Å². The van der Waals surface area contributed by atoms with Gasteiger partial charge in [-0.25, -0.2) is 4.39 Å². The average molecular weight is 241 g/mol. The fraction of sp³-hybridized carbons (Fsp3) is 0. The molecular weight excluding hydrogens is 235 g/mol. The number of nitrogen functional groups attached to an aromatic ring is 1. The van der Waals surface area contributed by atoms with E-state index in [-0.39, 0.29) is 5.82 Å². The normalized spacial score (nSPS) is 10.6. The molecule has 0 unspecified atom stereocenters. The van der Waals surface area contributed by atoms with Crippen molar-refractivity contribution in [3.05, 3.63) is 34.7 Å². The fourth-order valence-electron chi connectivity index (χ4n) is 1.18. The molecule has 0 aliphatic carbocycles. The molecule has 1 aromatic carbocycles. The number of rotatable bonds is 0. The molecule has 2 nitrogen and oxygen atoms in total. The molecule has 2 rings (SSSR count). The van der Waals surface area contributed by atoms with Crippen LogP contribution in [0.2, 0.25) is 0 Å². The first-order chi connectivity index (χ1) is 6.18. The monoisotopic (exact) mass is 240 g/mol. The maximum Gasteiger partial charge on any atom is 0.142 e. The standard InChI is InChI=1S/C9H6BrFN2/c10-7-1-2-8(12)6-3-5(11)4-13-9(6)7/h1-4H,12H2. The van der Waals surface area contributed by atoms with E-state index >= 15 is 0 Å². The number of pyridine rings is 1. The van der Waals surface area contributed by atoms with Gasteiger partial charge in [0.25, 0.3) is 0 Å². The van der Waals surface area contributed by atoms with Crippen LogP contribution < -0.4 is 5.73 Å². The molecule has 2 aromatic rings. The van der Waals surface area contributed by atoms with Gasteiger partial charge in [-0.05, 0) is 34.1 Å². The Morgan fingerprint density at radius 2 is 2.15 bits per heavy atom. The molecule has 0 atom stereocenters. The molecule has 0 fully saturated rings. The summed E-state index contributed by atoms with van der Waals surface area (Å²) in [5.41, 5.74) is 6.88. The van der Waals surface area contributed by atoms with Crippen molar-refractivity contribution >= 4 is 32.5 Å². The van der Waals surface area contributed by atoms with Crippen LogP contribution in [0.25, 0.3) is 10.9 Å². The number of anilines is 1. The largest absolute Gasteiger partial charge is 0.398 e. The van der Waals surface area contributed by atoms with Crippen LogP contribution in [0.1, 0.15) is 0 Å². The van der Waals surface area contributed by atoms with E-state index in [0.717, 1.165) is 4.47 Å². The van der Waals surface area contributed by atoms with Crippen molar-refractivity contribution in [3.8, 4) is 0 Å². The van der Waals surface area contributed by atoms with Crippen LogP contribution in [0.3, 0.4) is 0 Å². The minimum Gasteiger partial charge on any atom is -0.398 e. The van der Waals surface area contributed by atoms with Crippen LogP contribution >= 0.6 is 15.9 Å². The molecule has 0 bridgehead atoms. The average Bonchev–Trinajstić information content (AvgIpc) is 2.12. The van der Waals surface area contributed by atoms with Crippen LogP contribution in [0, 0.1) is 5.82 Å². The predicted molar refractivity (Wildman–Crippen MR) is 53.8 cm³/mol. The molecule has 0 saturated heterocycles. The highest BCUT2D eigenvalue weighted by atomic mass is 79.9. The number of fused-ring (bicyclic) bond motifs is 1. The Labute approximate surface area is 82.7 Å². The summed E-state index contributed by atoms with van der Waals surface area (Å²) in [7, 11) is 0. The molecule has 1 heterocycles. The van der Waals surface area contributed by atoms with E-state index in [9.17, 15) is 4.39 Å². The second-order valence-corrected chi connectivity index (χ2v) is 3.54. The highest BCUT2D eigenvalue weighted by molar-refractivity contribution is 9.10. The summed E-state index contributed by atoms with van der Waals surface area (Å²) in [4.78, 5) is 3.94. The molecule has 1 aromatic heterocycles. The quantitative estimate of drug-likeness (QED) is 0.720. The molecule has 0 spiro atoms. The third-order valence-corrected chi connectivity index (χ3v) is 2.44. The van der Waals surface area contributed by atoms with Crippen molar-refractivity contribution in [1.82, 2.24) is 4.98 Å². The molecule has 0 saturated carbocycles. The van der Waals surface area contributed by atoms with E-state index in [1.54, 1.807) is 12.1 Å². The summed E-state index contributed by atoms with van der Waals surface area (Å²) in [5.74, 6) is -0.377. The van der Waals surface area contributed by atoms with Gasteiger partial charge >= 0.3 is 0 Å². The molecule has 0 aliphatic heterocycles. The van der Waals surface area contributed by atoms with E-state index in [1.807, 2.05) is 0 Å². The zero-order valence-corrected chi connectivity index (χ0v) is 8.18. The summed E-state index contributed by atoms with van der Waals surface area (Å²) in [5, 5.41) is 0.634. The molecule has 13 heavy (non-hydrogen) atoms. The molecular formula is C9H6BrFN2. The van der Waals surface area contributed by atoms with Gasteiger partial charge in [-0.15, -0.1) is 0 Å². The van der Waals surface area contributed by atoms with E-state index in [0.29, 0.717) is 16.6 Å². The third kappa shape index (κ3) is 1.37. The number of aromatic nitrogens is 1. The van der Waals surface area contributed by atoms with Crippen LogP contribution in [0.5, 0.6) is 0 Å². The van der Waals surface area contributed by atoms with Crippen molar-refractivity contribution in [2.75, 3.05) is 5.73 Å². The molecule has 2 N–H and O–H groups in total. The number of nitrogens with two attached hydrogens (primary N) is 1. The summed E-state index contributed by atoms with van der Waals surface area (Å²) in [6, 6.07) is 4.89. The van der Waals surface area contributed by atoms with Gasteiger partial charge in [-0.3, -0.25) is 4.98 Å². The van der Waals surface area contributed by atoms with Gasteiger partial charge in [-0.1, -0.05) is 0 Å². The molecule has 0 amide bonds. The van der Waals surface area contributed by atoms with Gasteiger partial charge in [-0.2, -0.15) is 0 Å². The Kier molecular flexibility index (Phi) is 1.92. The molecule has 4 heteroatoms. The van der Waals surface area contributed by atoms with Gasteiger partial charge in [0.1, 0.15) is 5.82 Å². The second-order valence-electron chi connectivity index (χ2n) is 2.69. The Balaban J connectivity index is 2.92. The van der Waals surface area contributed by atoms with Crippen LogP contribution in [-0.2, 0) is 0 Å². The predicted octanol–water partition coefficient (Wildman–Crippen LogP) is 2.72. The van der Waals surface area contributed by atoms with Crippen molar-refractivity contribution < 1.29 is 4.39 Å². The van der Waals surface area contributed by atoms with Crippen molar-refractivity contribution in [2.24, 2.45) is 0 Å². The summed E-state index contributed by atoms with van der Waals surface area (Å²) >= 11 is 3.32. The van der Waals surface area contributed by atoms with Crippen molar-refractivity contribution in [2.45, 2.75) is 0 Å². The van der Waals surface area contributed by atoms with Gasteiger partial charge in [0, 0.05) is 15.5 Å². The lowest BCUT2D eigenvalue weighted by atomic mass is 10.2. The summed E-state index contributed by atoms with van der Waals surface area (Å²) in [6.45, 7) is 0. The van der Waals surface area contributed by atoms with Gasteiger partial charge in [0.05, 0.1) is 11.7 Å². The lowest BCUT2D eigenvalue weighted by molar-refractivity contribution is 0.624. The molecule has 0 radical (unpaired) electrons. The maximum atomic E-state index is 12.8. The minimum atomic E-state index is -0.377. The third-order valence-electron chi connectivity index (χ3n) is 1.80. The van der Waals surface area contributed by atoms with Crippen molar-refractivity contribution in [3.63, 3.8) is 0 Å². The van der Waals surface area contributed by atoms with E-state index in [4.69, 9.17) is 5.73 Å². The maximum absolute atomic E-state index is 12.8. The number of benzene rings is 1. The smallest absolute Gasteiger partial charge is 0.142 e. The highest BCUT2D eigenvalue weighted by Gasteiger charge is 2.04. The molecule has 0 aliphatic rings. The first-order valence-electron chi connectivity index (χ1n) is 3.68. The molecule has 66 valence electrons. The van der Waals surface area contributed by atoms with E-state index < -0.39 is 0 Å². The Bertz CT molecular complexity index is 470. The van der Waals surface area contributed by atoms with E-state index in [1.165, 1.54) is 12.3 Å². The number of hydrogen-bond donors (Lipinski definition) is 1.